The molecule has 1 aromatic rings. The molecule has 1 heterocycles. The molecule has 0 aromatic carbocycles. The molecule has 1 N–H and O–H groups in total. The van der Waals surface area contributed by atoms with Crippen molar-refractivity contribution in [2.75, 3.05) is 25.1 Å². The van der Waals surface area contributed by atoms with Crippen molar-refractivity contribution in [1.29, 1.82) is 0 Å². The van der Waals surface area contributed by atoms with Gasteiger partial charge in [0.15, 0.2) is 0 Å². The first-order chi connectivity index (χ1) is 8.08. The minimum absolute atomic E-state index is 0.374. The second-order valence-corrected chi connectivity index (χ2v) is 3.68. The number of carbonyl (C=O) groups is 1. The Balaban J connectivity index is 2.82. The molecule has 0 radical (unpaired) electrons. The van der Waals surface area contributed by atoms with Gasteiger partial charge in [-0.25, -0.2) is 4.98 Å². The summed E-state index contributed by atoms with van der Waals surface area (Å²) in [6.07, 6.45) is 1.59. The molecule has 17 heavy (non-hydrogen) atoms. The highest BCUT2D eigenvalue weighted by Gasteiger charge is 2.17. The number of anilines is 1. The van der Waals surface area contributed by atoms with Crippen LogP contribution in [-0.2, 0) is 4.79 Å². The van der Waals surface area contributed by atoms with Gasteiger partial charge >= 0.3 is 5.97 Å². The number of nitrogens with zero attached hydrogens (tertiary/aromatic N) is 3. The zero-order valence-electron chi connectivity index (χ0n) is 10.3. The van der Waals surface area contributed by atoms with Gasteiger partial charge in [-0.15, -0.1) is 0 Å². The van der Waals surface area contributed by atoms with E-state index >= 15 is 0 Å². The molecule has 0 fully saturated rings. The molecule has 1 atom stereocenters. The first-order valence-electron chi connectivity index (χ1n) is 5.43. The summed E-state index contributed by atoms with van der Waals surface area (Å²) in [5, 5.41) is 8.88. The van der Waals surface area contributed by atoms with Gasteiger partial charge in [-0.3, -0.25) is 4.79 Å². The van der Waals surface area contributed by atoms with E-state index in [-0.39, 0.29) is 0 Å². The highest BCUT2D eigenvalue weighted by atomic mass is 16.5. The number of methoxy groups -OCH3 is 1. The number of ether oxygens (including phenoxy) is 1. The number of rotatable bonds is 6. The summed E-state index contributed by atoms with van der Waals surface area (Å²) in [5.41, 5.74) is 0. The Morgan fingerprint density at radius 3 is 2.88 bits per heavy atom. The number of aliphatic carboxylic acids is 1. The third kappa shape index (κ3) is 3.58. The first kappa shape index (κ1) is 13.2. The number of carboxylic acid groups (broad SMARTS) is 1. The fourth-order valence-corrected chi connectivity index (χ4v) is 1.36. The maximum atomic E-state index is 10.8. The van der Waals surface area contributed by atoms with Crippen molar-refractivity contribution in [2.45, 2.75) is 13.8 Å². The lowest BCUT2D eigenvalue weighted by molar-refractivity contribution is -0.140. The highest BCUT2D eigenvalue weighted by Crippen LogP contribution is 2.13. The Labute approximate surface area is 100 Å². The second kappa shape index (κ2) is 6.03. The van der Waals surface area contributed by atoms with Crippen LogP contribution in [0.3, 0.4) is 0 Å². The smallest absolute Gasteiger partial charge is 0.308 e. The molecule has 0 bridgehead atoms. The summed E-state index contributed by atoms with van der Waals surface area (Å²) >= 11 is 0. The molecule has 0 spiro atoms. The fourth-order valence-electron chi connectivity index (χ4n) is 1.36. The molecule has 1 rings (SSSR count). The van der Waals surface area contributed by atoms with Crippen molar-refractivity contribution in [3.05, 3.63) is 12.3 Å². The van der Waals surface area contributed by atoms with E-state index in [1.165, 1.54) is 7.11 Å². The summed E-state index contributed by atoms with van der Waals surface area (Å²) in [5.74, 6) is -0.340. The van der Waals surface area contributed by atoms with Crippen molar-refractivity contribution < 1.29 is 14.6 Å². The van der Waals surface area contributed by atoms with Crippen LogP contribution in [0, 0.1) is 5.92 Å². The van der Waals surface area contributed by atoms with Crippen LogP contribution in [0.1, 0.15) is 13.8 Å². The largest absolute Gasteiger partial charge is 0.481 e. The molecule has 1 aromatic heterocycles. The molecule has 0 aliphatic carbocycles. The summed E-state index contributed by atoms with van der Waals surface area (Å²) in [7, 11) is 1.53. The van der Waals surface area contributed by atoms with Crippen LogP contribution in [0.25, 0.3) is 0 Å². The standard InChI is InChI=1S/C11H17N3O3/c1-4-14(7-8(2)10(15)16)11-12-6-5-9(13-11)17-3/h5-6,8H,4,7H2,1-3H3,(H,15,16). The minimum atomic E-state index is -0.827. The summed E-state index contributed by atoms with van der Waals surface area (Å²) < 4.78 is 5.01. The summed E-state index contributed by atoms with van der Waals surface area (Å²) in [6.45, 7) is 4.60. The van der Waals surface area contributed by atoms with Gasteiger partial charge in [0.05, 0.1) is 13.0 Å². The van der Waals surface area contributed by atoms with E-state index < -0.39 is 11.9 Å². The van der Waals surface area contributed by atoms with Gasteiger partial charge in [0.2, 0.25) is 11.8 Å². The third-order valence-electron chi connectivity index (χ3n) is 2.41. The zero-order chi connectivity index (χ0) is 12.8. The van der Waals surface area contributed by atoms with Crippen molar-refractivity contribution >= 4 is 11.9 Å². The quantitative estimate of drug-likeness (QED) is 0.799. The van der Waals surface area contributed by atoms with Crippen LogP contribution in [0.15, 0.2) is 12.3 Å². The van der Waals surface area contributed by atoms with E-state index in [9.17, 15) is 4.79 Å². The molecule has 0 saturated heterocycles. The lowest BCUT2D eigenvalue weighted by Gasteiger charge is -2.22. The van der Waals surface area contributed by atoms with E-state index in [2.05, 4.69) is 9.97 Å². The first-order valence-corrected chi connectivity index (χ1v) is 5.43. The van der Waals surface area contributed by atoms with Gasteiger partial charge in [0.25, 0.3) is 0 Å². The van der Waals surface area contributed by atoms with E-state index in [0.717, 1.165) is 0 Å². The predicted octanol–water partition coefficient (Wildman–Crippen LogP) is 1.03. The van der Waals surface area contributed by atoms with Crippen molar-refractivity contribution in [2.24, 2.45) is 5.92 Å². The van der Waals surface area contributed by atoms with Crippen LogP contribution in [0.4, 0.5) is 5.95 Å². The Morgan fingerprint density at radius 2 is 2.35 bits per heavy atom. The number of carboxylic acids is 1. The number of aromatic nitrogens is 2. The molecule has 6 heteroatoms. The average molecular weight is 239 g/mol. The van der Waals surface area contributed by atoms with Gasteiger partial charge in [-0.05, 0) is 6.92 Å². The highest BCUT2D eigenvalue weighted by molar-refractivity contribution is 5.70. The summed E-state index contributed by atoms with van der Waals surface area (Å²) in [4.78, 5) is 20.9. The van der Waals surface area contributed by atoms with Crippen molar-refractivity contribution in [3.8, 4) is 5.88 Å². The monoisotopic (exact) mass is 239 g/mol. The molecule has 1 unspecified atom stereocenters. The molecule has 0 aliphatic heterocycles. The average Bonchev–Trinajstić information content (AvgIpc) is 2.35. The number of hydrogen-bond acceptors (Lipinski definition) is 5. The van der Waals surface area contributed by atoms with Gasteiger partial charge in [0, 0.05) is 25.4 Å². The normalized spacial score (nSPS) is 11.9. The van der Waals surface area contributed by atoms with Crippen LogP contribution in [0.2, 0.25) is 0 Å². The van der Waals surface area contributed by atoms with Gasteiger partial charge in [-0.1, -0.05) is 6.92 Å². The zero-order valence-corrected chi connectivity index (χ0v) is 10.3. The fraction of sp³-hybridized carbons (Fsp3) is 0.545. The molecular weight excluding hydrogens is 222 g/mol. The van der Waals surface area contributed by atoms with E-state index in [1.54, 1.807) is 24.1 Å². The third-order valence-corrected chi connectivity index (χ3v) is 2.41. The predicted molar refractivity (Wildman–Crippen MR) is 63.3 cm³/mol. The maximum Gasteiger partial charge on any atom is 0.308 e. The minimum Gasteiger partial charge on any atom is -0.481 e. The molecule has 0 saturated carbocycles. The van der Waals surface area contributed by atoms with Crippen LogP contribution in [0.5, 0.6) is 5.88 Å². The molecule has 0 aliphatic rings. The Bertz CT molecular complexity index is 384. The molecule has 0 amide bonds. The van der Waals surface area contributed by atoms with Gasteiger partial charge < -0.3 is 14.7 Å². The lowest BCUT2D eigenvalue weighted by atomic mass is 10.2. The van der Waals surface area contributed by atoms with Crippen LogP contribution in [-0.4, -0.2) is 41.2 Å². The Kier molecular flexibility index (Phi) is 4.68. The molecule has 6 nitrogen and oxygen atoms in total. The van der Waals surface area contributed by atoms with Crippen LogP contribution >= 0.6 is 0 Å². The maximum absolute atomic E-state index is 10.8. The van der Waals surface area contributed by atoms with Crippen LogP contribution < -0.4 is 9.64 Å². The van der Waals surface area contributed by atoms with Gasteiger partial charge in [0.1, 0.15) is 0 Å². The molecule has 94 valence electrons. The topological polar surface area (TPSA) is 75.6 Å². The SMILES string of the molecule is CCN(CC(C)C(=O)O)c1nccc(OC)n1. The summed E-state index contributed by atoms with van der Waals surface area (Å²) in [6, 6.07) is 1.65. The Morgan fingerprint density at radius 1 is 1.65 bits per heavy atom. The van der Waals surface area contributed by atoms with Crippen molar-refractivity contribution in [3.63, 3.8) is 0 Å². The Hall–Kier alpha value is -1.85. The van der Waals surface area contributed by atoms with E-state index in [4.69, 9.17) is 9.84 Å². The van der Waals surface area contributed by atoms with E-state index in [0.29, 0.717) is 24.9 Å². The van der Waals surface area contributed by atoms with E-state index in [1.807, 2.05) is 6.92 Å². The van der Waals surface area contributed by atoms with Gasteiger partial charge in [-0.2, -0.15) is 4.98 Å². The lowest BCUT2D eigenvalue weighted by Crippen LogP contribution is -2.32. The number of hydrogen-bond donors (Lipinski definition) is 1. The van der Waals surface area contributed by atoms with Crippen molar-refractivity contribution in [1.82, 2.24) is 9.97 Å². The second-order valence-electron chi connectivity index (χ2n) is 3.68. The molecular formula is C11H17N3O3.